The fourth-order valence-corrected chi connectivity index (χ4v) is 3.74. The van der Waals surface area contributed by atoms with E-state index in [1.807, 2.05) is 30.5 Å². The number of methoxy groups -OCH3 is 1. The minimum Gasteiger partial charge on any atom is -0.492 e. The highest BCUT2D eigenvalue weighted by Gasteiger charge is 2.15. The Labute approximate surface area is 166 Å². The van der Waals surface area contributed by atoms with E-state index in [-0.39, 0.29) is 0 Å². The zero-order chi connectivity index (χ0) is 19.3. The van der Waals surface area contributed by atoms with Crippen molar-refractivity contribution in [2.24, 2.45) is 0 Å². The van der Waals surface area contributed by atoms with Crippen LogP contribution in [0, 0.1) is 6.92 Å². The molecule has 0 atom stereocenters. The van der Waals surface area contributed by atoms with Gasteiger partial charge in [0, 0.05) is 11.8 Å². The van der Waals surface area contributed by atoms with E-state index in [0.29, 0.717) is 6.61 Å². The molecular weight excluding hydrogens is 348 g/mol. The van der Waals surface area contributed by atoms with Crippen LogP contribution < -0.4 is 14.8 Å². The molecule has 1 aromatic heterocycles. The molecule has 0 radical (unpaired) electrons. The Morgan fingerprint density at radius 2 is 1.86 bits per heavy atom. The third-order valence-corrected chi connectivity index (χ3v) is 5.19. The Bertz CT molecular complexity index is 969. The van der Waals surface area contributed by atoms with Crippen LogP contribution in [0.3, 0.4) is 0 Å². The van der Waals surface area contributed by atoms with E-state index in [9.17, 15) is 0 Å². The predicted octanol–water partition coefficient (Wildman–Crippen LogP) is 4.33. The Morgan fingerprint density at radius 3 is 2.68 bits per heavy atom. The van der Waals surface area contributed by atoms with Crippen molar-refractivity contribution in [2.75, 3.05) is 20.2 Å². The quantitative estimate of drug-likeness (QED) is 0.722. The maximum atomic E-state index is 6.07. The fraction of sp³-hybridized carbons (Fsp3) is 0.292. The second-order valence-electron chi connectivity index (χ2n) is 7.18. The highest BCUT2D eigenvalue weighted by molar-refractivity contribution is 5.74. The van der Waals surface area contributed by atoms with Gasteiger partial charge in [0.2, 0.25) is 0 Å². The molecule has 2 aromatic carbocycles. The van der Waals surface area contributed by atoms with Crippen LogP contribution >= 0.6 is 0 Å². The molecule has 1 aliphatic heterocycles. The van der Waals surface area contributed by atoms with E-state index in [4.69, 9.17) is 9.47 Å². The van der Waals surface area contributed by atoms with Crippen molar-refractivity contribution in [3.8, 4) is 22.6 Å². The number of hydrogen-bond acceptors (Lipinski definition) is 4. The van der Waals surface area contributed by atoms with Crippen molar-refractivity contribution in [3.05, 3.63) is 77.1 Å². The molecular formula is C24H26N2O2. The Balaban J connectivity index is 1.63. The number of para-hydroxylation sites is 1. The van der Waals surface area contributed by atoms with Gasteiger partial charge in [0.05, 0.1) is 12.8 Å². The van der Waals surface area contributed by atoms with E-state index >= 15 is 0 Å². The molecule has 0 fully saturated rings. The number of nitrogens with zero attached hydrogens (tertiary/aromatic N) is 1. The second-order valence-corrected chi connectivity index (χ2v) is 7.18. The molecule has 0 spiro atoms. The summed E-state index contributed by atoms with van der Waals surface area (Å²) < 4.78 is 11.8. The minimum atomic E-state index is 0.414. The first-order valence-electron chi connectivity index (χ1n) is 9.79. The third-order valence-electron chi connectivity index (χ3n) is 5.19. The maximum Gasteiger partial charge on any atom is 0.168 e. The summed E-state index contributed by atoms with van der Waals surface area (Å²) in [4.78, 5) is 4.38. The molecule has 0 bridgehead atoms. The monoisotopic (exact) mass is 374 g/mol. The lowest BCUT2D eigenvalue weighted by molar-refractivity contribution is 0.281. The van der Waals surface area contributed by atoms with Gasteiger partial charge in [-0.2, -0.15) is 0 Å². The van der Waals surface area contributed by atoms with Gasteiger partial charge in [-0.3, -0.25) is 4.98 Å². The second kappa shape index (κ2) is 8.44. The van der Waals surface area contributed by atoms with Gasteiger partial charge >= 0.3 is 0 Å². The lowest BCUT2D eigenvalue weighted by atomic mass is 9.96. The van der Waals surface area contributed by atoms with Crippen LogP contribution in [0.5, 0.6) is 11.5 Å². The summed E-state index contributed by atoms with van der Waals surface area (Å²) in [5.74, 6) is 1.50. The van der Waals surface area contributed by atoms with Gasteiger partial charge in [0.1, 0.15) is 6.61 Å². The van der Waals surface area contributed by atoms with Crippen LogP contribution in [0.2, 0.25) is 0 Å². The first-order chi connectivity index (χ1) is 13.7. The smallest absolute Gasteiger partial charge is 0.168 e. The van der Waals surface area contributed by atoms with Crippen LogP contribution in [0.4, 0.5) is 0 Å². The van der Waals surface area contributed by atoms with Gasteiger partial charge in [0.25, 0.3) is 0 Å². The summed E-state index contributed by atoms with van der Waals surface area (Å²) >= 11 is 0. The van der Waals surface area contributed by atoms with Crippen molar-refractivity contribution >= 4 is 0 Å². The SMILES string of the molecule is COc1c(OCc2cc(C)ccn2)cccc1-c1ccc2c(c1)CCNCC2. The lowest BCUT2D eigenvalue weighted by Crippen LogP contribution is -2.16. The molecule has 144 valence electrons. The zero-order valence-corrected chi connectivity index (χ0v) is 16.5. The minimum absolute atomic E-state index is 0.414. The van der Waals surface area contributed by atoms with Gasteiger partial charge in [-0.25, -0.2) is 0 Å². The average molecular weight is 374 g/mol. The summed E-state index contributed by atoms with van der Waals surface area (Å²) in [6, 6.07) is 16.8. The Hall–Kier alpha value is -2.85. The zero-order valence-electron chi connectivity index (χ0n) is 16.5. The topological polar surface area (TPSA) is 43.4 Å². The molecule has 3 aromatic rings. The lowest BCUT2D eigenvalue weighted by Gasteiger charge is -2.16. The number of benzene rings is 2. The fourth-order valence-electron chi connectivity index (χ4n) is 3.74. The molecule has 4 rings (SSSR count). The van der Waals surface area contributed by atoms with Crippen molar-refractivity contribution in [2.45, 2.75) is 26.4 Å². The van der Waals surface area contributed by atoms with Crippen LogP contribution in [0.15, 0.2) is 54.7 Å². The summed E-state index contributed by atoms with van der Waals surface area (Å²) in [6.07, 6.45) is 3.95. The van der Waals surface area contributed by atoms with Gasteiger partial charge < -0.3 is 14.8 Å². The van der Waals surface area contributed by atoms with Gasteiger partial charge in [-0.1, -0.05) is 30.3 Å². The Kier molecular flexibility index (Phi) is 5.58. The molecule has 0 aliphatic carbocycles. The molecule has 0 amide bonds. The van der Waals surface area contributed by atoms with Gasteiger partial charge in [-0.05, 0) is 73.3 Å². The highest BCUT2D eigenvalue weighted by Crippen LogP contribution is 2.39. The van der Waals surface area contributed by atoms with Crippen molar-refractivity contribution in [1.82, 2.24) is 10.3 Å². The normalized spacial score (nSPS) is 13.5. The first-order valence-corrected chi connectivity index (χ1v) is 9.79. The van der Waals surface area contributed by atoms with Gasteiger partial charge in [-0.15, -0.1) is 0 Å². The van der Waals surface area contributed by atoms with Crippen molar-refractivity contribution in [1.29, 1.82) is 0 Å². The van der Waals surface area contributed by atoms with Crippen LogP contribution in [-0.2, 0) is 19.4 Å². The van der Waals surface area contributed by atoms with Crippen LogP contribution in [-0.4, -0.2) is 25.2 Å². The molecule has 4 nitrogen and oxygen atoms in total. The largest absolute Gasteiger partial charge is 0.492 e. The Morgan fingerprint density at radius 1 is 1.00 bits per heavy atom. The summed E-state index contributed by atoms with van der Waals surface area (Å²) in [6.45, 7) is 4.55. The van der Waals surface area contributed by atoms with E-state index in [1.165, 1.54) is 16.7 Å². The van der Waals surface area contributed by atoms with Gasteiger partial charge in [0.15, 0.2) is 11.5 Å². The summed E-state index contributed by atoms with van der Waals surface area (Å²) in [7, 11) is 1.70. The standard InChI is InChI=1S/C24H26N2O2/c1-17-8-13-26-21(14-17)16-28-23-5-3-4-22(24(23)27-2)20-7-6-18-9-11-25-12-10-19(18)15-20/h3-8,13-15,25H,9-12,16H2,1-2H3. The number of pyridine rings is 1. The molecule has 28 heavy (non-hydrogen) atoms. The highest BCUT2D eigenvalue weighted by atomic mass is 16.5. The van der Waals surface area contributed by atoms with Crippen LogP contribution in [0.1, 0.15) is 22.4 Å². The summed E-state index contributed by atoms with van der Waals surface area (Å²) in [5, 5.41) is 3.47. The first kappa shape index (κ1) is 18.5. The molecule has 1 aliphatic rings. The van der Waals surface area contributed by atoms with Crippen LogP contribution in [0.25, 0.3) is 11.1 Å². The third kappa shape index (κ3) is 4.02. The van der Waals surface area contributed by atoms with Crippen molar-refractivity contribution < 1.29 is 9.47 Å². The van der Waals surface area contributed by atoms with E-state index in [1.54, 1.807) is 7.11 Å². The summed E-state index contributed by atoms with van der Waals surface area (Å²) in [5.41, 5.74) is 7.15. The number of aromatic nitrogens is 1. The number of rotatable bonds is 5. The number of hydrogen-bond donors (Lipinski definition) is 1. The van der Waals surface area contributed by atoms with E-state index in [0.717, 1.165) is 54.3 Å². The van der Waals surface area contributed by atoms with Crippen molar-refractivity contribution in [3.63, 3.8) is 0 Å². The average Bonchev–Trinajstić information content (AvgIpc) is 2.96. The van der Waals surface area contributed by atoms with E-state index in [2.05, 4.69) is 41.5 Å². The predicted molar refractivity (Wildman–Crippen MR) is 112 cm³/mol. The number of ether oxygens (including phenoxy) is 2. The molecule has 0 saturated carbocycles. The maximum absolute atomic E-state index is 6.07. The molecule has 2 heterocycles. The number of nitrogens with one attached hydrogen (secondary N) is 1. The molecule has 0 unspecified atom stereocenters. The molecule has 0 saturated heterocycles. The number of aryl methyl sites for hydroxylation is 1. The number of fused-ring (bicyclic) bond motifs is 1. The van der Waals surface area contributed by atoms with E-state index < -0.39 is 0 Å². The molecule has 4 heteroatoms. The molecule has 1 N–H and O–H groups in total.